The molecule has 2 N–H and O–H groups in total. The fraction of sp³-hybridized carbons (Fsp3) is 0.485. The number of benzene rings is 2. The second-order valence-electron chi connectivity index (χ2n) is 12.6. The molecule has 0 unspecified atom stereocenters. The van der Waals surface area contributed by atoms with Gasteiger partial charge < -0.3 is 20.2 Å². The van der Waals surface area contributed by atoms with Crippen LogP contribution in [0.2, 0.25) is 0 Å². The van der Waals surface area contributed by atoms with E-state index in [0.717, 1.165) is 18.6 Å². The van der Waals surface area contributed by atoms with Crippen LogP contribution in [0.25, 0.3) is 10.9 Å². The summed E-state index contributed by atoms with van der Waals surface area (Å²) >= 11 is 0. The van der Waals surface area contributed by atoms with Gasteiger partial charge in [0, 0.05) is 41.9 Å². The minimum absolute atomic E-state index is 0.0392. The van der Waals surface area contributed by atoms with Gasteiger partial charge in [0.25, 0.3) is 0 Å². The molecule has 2 aliphatic rings. The van der Waals surface area contributed by atoms with Crippen LogP contribution in [-0.4, -0.2) is 89.9 Å². The van der Waals surface area contributed by atoms with Crippen molar-refractivity contribution in [1.82, 2.24) is 14.8 Å². The van der Waals surface area contributed by atoms with E-state index in [1.54, 1.807) is 36.4 Å². The number of halogens is 6. The zero-order chi connectivity index (χ0) is 36.3. The maximum Gasteiger partial charge on any atom is 0.490 e. The van der Waals surface area contributed by atoms with Gasteiger partial charge in [0.05, 0.1) is 21.7 Å². The molecule has 0 radical (unpaired) electrons. The molecule has 1 amide bonds. The number of aliphatic carboxylic acids is 1. The van der Waals surface area contributed by atoms with Gasteiger partial charge in [-0.25, -0.2) is 13.2 Å². The lowest BCUT2D eigenvalue weighted by Gasteiger charge is -2.44. The predicted molar refractivity (Wildman–Crippen MR) is 170 cm³/mol. The van der Waals surface area contributed by atoms with Crippen LogP contribution in [0.15, 0.2) is 65.7 Å². The quantitative estimate of drug-likeness (QED) is 0.263. The number of carboxylic acids is 1. The van der Waals surface area contributed by atoms with Crippen molar-refractivity contribution in [3.8, 4) is 0 Å². The SMILES string of the molecule is CC(C)N(C)[C@@H]1CC[C@H](N2CC[C@@H](Nc3ccnc4cc(C(F)(F)F)ccc34)C2=O)[C@H](CS(=O)(=O)c2ccccc2)C1.O=C(O)C(F)(F)F. The molecule has 1 saturated carbocycles. The van der Waals surface area contributed by atoms with Crippen molar-refractivity contribution in [2.45, 2.75) is 80.9 Å². The Bertz CT molecular complexity index is 1740. The molecule has 2 aromatic carbocycles. The predicted octanol–water partition coefficient (Wildman–Crippen LogP) is 6.25. The van der Waals surface area contributed by atoms with E-state index in [2.05, 4.69) is 36.1 Å². The molecule has 5 rings (SSSR count). The van der Waals surface area contributed by atoms with Gasteiger partial charge in [-0.15, -0.1) is 0 Å². The number of aromatic nitrogens is 1. The van der Waals surface area contributed by atoms with Crippen molar-refractivity contribution in [2.75, 3.05) is 24.7 Å². The molecular formula is C33H38F6N4O5S. The van der Waals surface area contributed by atoms with Gasteiger partial charge in [0.1, 0.15) is 6.04 Å². The third-order valence-electron chi connectivity index (χ3n) is 9.12. The molecule has 4 atom stereocenters. The van der Waals surface area contributed by atoms with E-state index in [1.807, 2.05) is 4.90 Å². The molecule has 2 heterocycles. The van der Waals surface area contributed by atoms with Crippen molar-refractivity contribution in [3.05, 3.63) is 66.4 Å². The van der Waals surface area contributed by atoms with Gasteiger partial charge in [-0.05, 0) is 82.8 Å². The van der Waals surface area contributed by atoms with Gasteiger partial charge in [-0.1, -0.05) is 24.3 Å². The smallest absolute Gasteiger partial charge is 0.475 e. The third-order valence-corrected chi connectivity index (χ3v) is 11.0. The fourth-order valence-electron chi connectivity index (χ4n) is 6.41. The second-order valence-corrected chi connectivity index (χ2v) is 14.6. The zero-order valence-electron chi connectivity index (χ0n) is 27.0. The number of carboxylic acid groups (broad SMARTS) is 1. The van der Waals surface area contributed by atoms with Crippen molar-refractivity contribution in [1.29, 1.82) is 0 Å². The zero-order valence-corrected chi connectivity index (χ0v) is 27.8. The van der Waals surface area contributed by atoms with Crippen LogP contribution in [0.5, 0.6) is 0 Å². The number of nitrogens with zero attached hydrogens (tertiary/aromatic N) is 3. The number of alkyl halides is 6. The highest BCUT2D eigenvalue weighted by atomic mass is 32.2. The van der Waals surface area contributed by atoms with Crippen LogP contribution in [0, 0.1) is 5.92 Å². The van der Waals surface area contributed by atoms with Crippen molar-refractivity contribution >= 4 is 38.3 Å². The van der Waals surface area contributed by atoms with Crippen molar-refractivity contribution < 1.29 is 49.5 Å². The number of carbonyl (C=O) groups is 2. The van der Waals surface area contributed by atoms with Gasteiger partial charge in [0.2, 0.25) is 5.91 Å². The van der Waals surface area contributed by atoms with Gasteiger partial charge >= 0.3 is 18.3 Å². The number of pyridine rings is 1. The third kappa shape index (κ3) is 9.21. The molecule has 2 fully saturated rings. The molecule has 0 bridgehead atoms. The van der Waals surface area contributed by atoms with Crippen molar-refractivity contribution in [2.24, 2.45) is 5.92 Å². The van der Waals surface area contributed by atoms with E-state index in [4.69, 9.17) is 9.90 Å². The standard InChI is InChI=1S/C31H37F3N4O3S.C2HF3O2/c1-20(2)37(3)23-10-12-29(21(17-23)19-42(40,41)24-7-5-4-6-8-24)38-16-14-27(30(38)39)36-26-13-15-35-28-18-22(31(32,33)34)9-11-25(26)28;3-2(4,5)1(6)7/h4-9,11,13,15,18,20-21,23,27,29H,10,12,14,16-17,19H2,1-3H3,(H,35,36);(H,6,7)/t21-,23+,27+,29-;/m0./s1. The van der Waals surface area contributed by atoms with Gasteiger partial charge in [0.15, 0.2) is 9.84 Å². The lowest BCUT2D eigenvalue weighted by Crippen LogP contribution is -2.52. The Morgan fingerprint density at radius 3 is 2.29 bits per heavy atom. The average molecular weight is 717 g/mol. The number of rotatable bonds is 8. The highest BCUT2D eigenvalue weighted by Gasteiger charge is 2.44. The number of fused-ring (bicyclic) bond motifs is 1. The molecule has 0 spiro atoms. The number of anilines is 1. The lowest BCUT2D eigenvalue weighted by atomic mass is 9.81. The summed E-state index contributed by atoms with van der Waals surface area (Å²) in [4.78, 5) is 31.2. The molecule has 1 aromatic heterocycles. The average Bonchev–Trinajstić information content (AvgIpc) is 3.39. The maximum atomic E-state index is 13.8. The van der Waals surface area contributed by atoms with E-state index < -0.39 is 39.8 Å². The molecule has 1 aliphatic heterocycles. The summed E-state index contributed by atoms with van der Waals surface area (Å²) in [5.74, 6) is -3.15. The number of likely N-dealkylation sites (tertiary alicyclic amines) is 1. The number of hydrogen-bond donors (Lipinski definition) is 2. The second kappa shape index (κ2) is 14.9. The topological polar surface area (TPSA) is 120 Å². The van der Waals surface area contributed by atoms with E-state index in [9.17, 15) is 39.6 Å². The monoisotopic (exact) mass is 716 g/mol. The molecule has 49 heavy (non-hydrogen) atoms. The number of amides is 1. The summed E-state index contributed by atoms with van der Waals surface area (Å²) in [6.45, 7) is 4.72. The Balaban J connectivity index is 0.000000698. The molecule has 1 aliphatic carbocycles. The minimum Gasteiger partial charge on any atom is -0.475 e. The largest absolute Gasteiger partial charge is 0.490 e. The Morgan fingerprint density at radius 2 is 1.69 bits per heavy atom. The Hall–Kier alpha value is -3.92. The highest BCUT2D eigenvalue weighted by molar-refractivity contribution is 7.91. The molecule has 1 saturated heterocycles. The van der Waals surface area contributed by atoms with Crippen molar-refractivity contribution in [3.63, 3.8) is 0 Å². The molecular weight excluding hydrogens is 678 g/mol. The van der Waals surface area contributed by atoms with Crippen LogP contribution in [-0.2, 0) is 25.6 Å². The number of hydrogen-bond acceptors (Lipinski definition) is 7. The summed E-state index contributed by atoms with van der Waals surface area (Å²) in [7, 11) is -1.50. The first kappa shape index (κ1) is 37.9. The van der Waals surface area contributed by atoms with E-state index in [1.165, 1.54) is 12.3 Å². The van der Waals surface area contributed by atoms with Crippen LogP contribution in [0.1, 0.15) is 45.1 Å². The first-order valence-electron chi connectivity index (χ1n) is 15.6. The van der Waals surface area contributed by atoms with E-state index in [0.29, 0.717) is 42.9 Å². The lowest BCUT2D eigenvalue weighted by molar-refractivity contribution is -0.192. The molecule has 3 aromatic rings. The number of nitrogens with one attached hydrogen (secondary N) is 1. The maximum absolute atomic E-state index is 13.8. The summed E-state index contributed by atoms with van der Waals surface area (Å²) in [6.07, 6.45) is -5.39. The number of carbonyl (C=O) groups excluding carboxylic acids is 1. The first-order valence-corrected chi connectivity index (χ1v) is 17.3. The van der Waals surface area contributed by atoms with E-state index >= 15 is 0 Å². The van der Waals surface area contributed by atoms with Crippen LogP contribution in [0.3, 0.4) is 0 Å². The van der Waals surface area contributed by atoms with E-state index in [-0.39, 0.29) is 40.1 Å². The number of sulfone groups is 1. The van der Waals surface area contributed by atoms with Gasteiger partial charge in [-0.2, -0.15) is 26.3 Å². The summed E-state index contributed by atoms with van der Waals surface area (Å²) in [5, 5.41) is 10.9. The molecule has 268 valence electrons. The Labute approximate surface area is 280 Å². The fourth-order valence-corrected chi connectivity index (χ4v) is 8.10. The van der Waals surface area contributed by atoms with Gasteiger partial charge in [-0.3, -0.25) is 9.78 Å². The minimum atomic E-state index is -5.08. The molecule has 9 nitrogen and oxygen atoms in total. The normalized spacial score (nSPS) is 21.9. The first-order chi connectivity index (χ1) is 22.8. The van der Waals surface area contributed by atoms with Crippen LogP contribution >= 0.6 is 0 Å². The Kier molecular flexibility index (Phi) is 11.5. The molecule has 16 heteroatoms. The van der Waals surface area contributed by atoms with Crippen LogP contribution in [0.4, 0.5) is 32.0 Å². The highest BCUT2D eigenvalue weighted by Crippen LogP contribution is 2.37. The Morgan fingerprint density at radius 1 is 1.04 bits per heavy atom. The summed E-state index contributed by atoms with van der Waals surface area (Å²) in [5.41, 5.74) is -0.0479. The van der Waals surface area contributed by atoms with Crippen LogP contribution < -0.4 is 5.32 Å². The summed E-state index contributed by atoms with van der Waals surface area (Å²) in [6, 6.07) is 13.2. The summed E-state index contributed by atoms with van der Waals surface area (Å²) < 4.78 is 98.3.